The molecule has 38 heavy (non-hydrogen) atoms. The monoisotopic (exact) mass is 526 g/mol. The predicted molar refractivity (Wildman–Crippen MR) is 151 cm³/mol. The van der Waals surface area contributed by atoms with E-state index < -0.39 is 0 Å². The van der Waals surface area contributed by atoms with Crippen LogP contribution in [-0.4, -0.2) is 24.6 Å². The first-order valence-corrected chi connectivity index (χ1v) is 15.7. The summed E-state index contributed by atoms with van der Waals surface area (Å²) in [7, 11) is 0. The number of hydrogen-bond acceptors (Lipinski definition) is 4. The zero-order valence-corrected chi connectivity index (χ0v) is 25.8. The highest BCUT2D eigenvalue weighted by Gasteiger charge is 2.69. The van der Waals surface area contributed by atoms with Crippen LogP contribution in [0.15, 0.2) is 11.1 Å². The first-order chi connectivity index (χ1) is 17.6. The molecule has 0 spiro atoms. The topological polar surface area (TPSA) is 52.6 Å². The largest absolute Gasteiger partial charge is 0.465 e. The van der Waals surface area contributed by atoms with Crippen molar-refractivity contribution >= 4 is 11.9 Å². The molecule has 0 aromatic heterocycles. The van der Waals surface area contributed by atoms with E-state index in [0.717, 1.165) is 25.7 Å². The van der Waals surface area contributed by atoms with E-state index in [-0.39, 0.29) is 45.1 Å². The number of fused-ring (bicyclic) bond motifs is 7. The highest BCUT2D eigenvalue weighted by Crippen LogP contribution is 2.76. The Morgan fingerprint density at radius 2 is 1.53 bits per heavy atom. The van der Waals surface area contributed by atoms with E-state index >= 15 is 0 Å². The smallest absolute Gasteiger partial charge is 0.302 e. The van der Waals surface area contributed by atoms with E-state index in [1.54, 1.807) is 25.0 Å². The quantitative estimate of drug-likeness (QED) is 0.273. The molecule has 0 aliphatic heterocycles. The summed E-state index contributed by atoms with van der Waals surface area (Å²) in [6.45, 7) is 21.1. The fraction of sp³-hybridized carbons (Fsp3) is 0.882. The summed E-state index contributed by atoms with van der Waals surface area (Å²) in [5.74, 6) is 2.15. The van der Waals surface area contributed by atoms with E-state index in [1.807, 2.05) is 0 Å². The Balaban J connectivity index is 1.52. The Labute approximate surface area is 232 Å². The van der Waals surface area contributed by atoms with Crippen LogP contribution in [0, 0.1) is 50.7 Å². The molecule has 0 amide bonds. The average molecular weight is 527 g/mol. The normalized spacial score (nSPS) is 45.5. The molecule has 4 saturated carbocycles. The van der Waals surface area contributed by atoms with Crippen molar-refractivity contribution in [3.05, 3.63) is 11.1 Å². The molecule has 0 aromatic rings. The minimum absolute atomic E-state index is 0.00228. The van der Waals surface area contributed by atoms with Crippen molar-refractivity contribution in [3.8, 4) is 0 Å². The van der Waals surface area contributed by atoms with Crippen LogP contribution in [0.3, 0.4) is 0 Å². The Kier molecular flexibility index (Phi) is 6.76. The molecule has 0 bridgehead atoms. The SMILES string of the molecule is CC(=O)OCC12CCC(C(C)C)=C1C1CC[C@@H]3[C@@]4(C)CCC(OC(C)=O)C(C)(C)[C@@H]4CC[C@@]3(C)[C@]1(C)CC2. The third kappa shape index (κ3) is 3.80. The summed E-state index contributed by atoms with van der Waals surface area (Å²) in [5.41, 5.74) is 4.29. The molecular weight excluding hydrogens is 472 g/mol. The molecule has 5 aliphatic carbocycles. The lowest BCUT2D eigenvalue weighted by atomic mass is 9.33. The van der Waals surface area contributed by atoms with Crippen molar-refractivity contribution in [2.75, 3.05) is 6.61 Å². The lowest BCUT2D eigenvalue weighted by Gasteiger charge is -2.72. The van der Waals surface area contributed by atoms with E-state index in [1.165, 1.54) is 38.5 Å². The summed E-state index contributed by atoms with van der Waals surface area (Å²) in [6.07, 6.45) is 11.9. The Bertz CT molecular complexity index is 1020. The van der Waals surface area contributed by atoms with Crippen molar-refractivity contribution in [1.82, 2.24) is 0 Å². The minimum atomic E-state index is -0.140. The molecule has 4 nitrogen and oxygen atoms in total. The first-order valence-electron chi connectivity index (χ1n) is 15.7. The van der Waals surface area contributed by atoms with Crippen LogP contribution in [0.25, 0.3) is 0 Å². The molecular formula is C34H54O4. The lowest BCUT2D eigenvalue weighted by molar-refractivity contribution is -0.233. The van der Waals surface area contributed by atoms with Crippen LogP contribution >= 0.6 is 0 Å². The Morgan fingerprint density at radius 1 is 0.816 bits per heavy atom. The summed E-state index contributed by atoms with van der Waals surface area (Å²) in [6, 6.07) is 0. The highest BCUT2D eigenvalue weighted by atomic mass is 16.5. The van der Waals surface area contributed by atoms with Gasteiger partial charge in [-0.05, 0) is 104 Å². The van der Waals surface area contributed by atoms with Gasteiger partial charge < -0.3 is 9.47 Å². The van der Waals surface area contributed by atoms with Crippen molar-refractivity contribution in [2.45, 2.75) is 133 Å². The summed E-state index contributed by atoms with van der Waals surface area (Å²) in [4.78, 5) is 23.8. The third-order valence-corrected chi connectivity index (χ3v) is 13.6. The van der Waals surface area contributed by atoms with Gasteiger partial charge in [-0.15, -0.1) is 0 Å². The zero-order chi connectivity index (χ0) is 27.9. The van der Waals surface area contributed by atoms with Gasteiger partial charge in [-0.3, -0.25) is 9.59 Å². The fourth-order valence-corrected chi connectivity index (χ4v) is 11.6. The van der Waals surface area contributed by atoms with Crippen LogP contribution in [0.1, 0.15) is 127 Å². The van der Waals surface area contributed by atoms with Gasteiger partial charge in [0.15, 0.2) is 0 Å². The molecule has 0 radical (unpaired) electrons. The van der Waals surface area contributed by atoms with E-state index in [9.17, 15) is 9.59 Å². The number of hydrogen-bond donors (Lipinski definition) is 0. The van der Waals surface area contributed by atoms with Gasteiger partial charge >= 0.3 is 11.9 Å². The third-order valence-electron chi connectivity index (χ3n) is 13.6. The molecule has 5 aliphatic rings. The second-order valence-electron chi connectivity index (χ2n) is 15.7. The van der Waals surface area contributed by atoms with E-state index in [2.05, 4.69) is 48.5 Å². The predicted octanol–water partition coefficient (Wildman–Crippen LogP) is 8.28. The molecule has 5 rings (SSSR count). The van der Waals surface area contributed by atoms with Crippen molar-refractivity contribution < 1.29 is 19.1 Å². The number of carbonyl (C=O) groups excluding carboxylic acids is 2. The Hall–Kier alpha value is -1.32. The molecule has 0 aromatic carbocycles. The Morgan fingerprint density at radius 3 is 2.16 bits per heavy atom. The molecule has 4 heteroatoms. The molecule has 4 fully saturated rings. The lowest BCUT2D eigenvalue weighted by Crippen LogP contribution is -2.66. The standard InChI is InChI=1S/C34H54O4/c1-21(2)24-12-17-34(20-37-22(3)35)19-18-32(8)25(29(24)34)10-11-27-31(7)15-14-28(38-23(4)36)30(5,6)26(31)13-16-33(27,32)9/h21,25-28H,10-20H2,1-9H3/t25?,26-,27+,28?,31-,32+,33+,34?/m0/s1. The van der Waals surface area contributed by atoms with Crippen molar-refractivity contribution in [1.29, 1.82) is 0 Å². The van der Waals surface area contributed by atoms with Gasteiger partial charge in [0.2, 0.25) is 0 Å². The number of allylic oxidation sites excluding steroid dienone is 1. The van der Waals surface area contributed by atoms with Gasteiger partial charge in [0.25, 0.3) is 0 Å². The fourth-order valence-electron chi connectivity index (χ4n) is 11.6. The first kappa shape index (κ1) is 28.2. The minimum Gasteiger partial charge on any atom is -0.465 e. The molecule has 214 valence electrons. The molecule has 0 saturated heterocycles. The number of rotatable bonds is 4. The van der Waals surface area contributed by atoms with Gasteiger partial charge in [-0.25, -0.2) is 0 Å². The second kappa shape index (κ2) is 9.10. The highest BCUT2D eigenvalue weighted by molar-refractivity contribution is 5.66. The maximum absolute atomic E-state index is 11.9. The molecule has 8 atom stereocenters. The van der Waals surface area contributed by atoms with Crippen molar-refractivity contribution in [3.63, 3.8) is 0 Å². The molecule has 0 N–H and O–H groups in total. The average Bonchev–Trinajstić information content (AvgIpc) is 3.20. The van der Waals surface area contributed by atoms with Crippen molar-refractivity contribution in [2.24, 2.45) is 50.7 Å². The van der Waals surface area contributed by atoms with Gasteiger partial charge in [-0.2, -0.15) is 0 Å². The summed E-state index contributed by atoms with van der Waals surface area (Å²) in [5, 5.41) is 0. The van der Waals surface area contributed by atoms with Crippen LogP contribution < -0.4 is 0 Å². The summed E-state index contributed by atoms with van der Waals surface area (Å²) >= 11 is 0. The number of ether oxygens (including phenoxy) is 2. The molecule has 3 unspecified atom stereocenters. The van der Waals surface area contributed by atoms with Gasteiger partial charge in [-0.1, -0.05) is 59.6 Å². The zero-order valence-electron chi connectivity index (χ0n) is 25.8. The number of carbonyl (C=O) groups is 2. The van der Waals surface area contributed by atoms with Gasteiger partial charge in [0, 0.05) is 24.7 Å². The van der Waals surface area contributed by atoms with E-state index in [0.29, 0.717) is 30.3 Å². The van der Waals surface area contributed by atoms with Gasteiger partial charge in [0.1, 0.15) is 12.7 Å². The molecule has 0 heterocycles. The second-order valence-corrected chi connectivity index (χ2v) is 15.7. The summed E-state index contributed by atoms with van der Waals surface area (Å²) < 4.78 is 11.7. The van der Waals surface area contributed by atoms with Crippen LogP contribution in [-0.2, 0) is 19.1 Å². The maximum atomic E-state index is 11.9. The van der Waals surface area contributed by atoms with Gasteiger partial charge in [0.05, 0.1) is 0 Å². The maximum Gasteiger partial charge on any atom is 0.302 e. The number of esters is 2. The van der Waals surface area contributed by atoms with E-state index in [4.69, 9.17) is 9.47 Å². The van der Waals surface area contributed by atoms with Crippen LogP contribution in [0.4, 0.5) is 0 Å². The van der Waals surface area contributed by atoms with Crippen LogP contribution in [0.2, 0.25) is 0 Å². The van der Waals surface area contributed by atoms with Crippen LogP contribution in [0.5, 0.6) is 0 Å².